The average molecular weight is 469 g/mol. The topological polar surface area (TPSA) is 74.6 Å². The molecular weight excluding hydrogens is 440 g/mol. The Labute approximate surface area is 189 Å². The molecule has 0 atom stereocenters. The van der Waals surface area contributed by atoms with Gasteiger partial charge in [0.15, 0.2) is 0 Å². The minimum atomic E-state index is -1.51. The van der Waals surface area contributed by atoms with Gasteiger partial charge in [-0.2, -0.15) is 0 Å². The standard InChI is InChI=1S/C24H28O4SSi2/c1-30(2,3)17-11-7-15(8-12-17)19-20(22(24(27)28)29-21(19)23(25)26)16-9-13-18(14-10-16)31(4,5)6/h7-14H,1-6H3,(H,25,26)(H,27,28). The molecular formula is C24H28O4SSi2. The van der Waals surface area contributed by atoms with Gasteiger partial charge in [-0.1, -0.05) is 98.2 Å². The summed E-state index contributed by atoms with van der Waals surface area (Å²) in [5.41, 5.74) is 2.43. The summed E-state index contributed by atoms with van der Waals surface area (Å²) in [6.07, 6.45) is 0. The summed E-state index contributed by atoms with van der Waals surface area (Å²) >= 11 is 0.830. The summed E-state index contributed by atoms with van der Waals surface area (Å²) in [4.78, 5) is 24.2. The number of aromatic carboxylic acids is 2. The molecule has 4 nitrogen and oxygen atoms in total. The fraction of sp³-hybridized carbons (Fsp3) is 0.250. The molecule has 1 heterocycles. The van der Waals surface area contributed by atoms with Gasteiger partial charge in [-0.3, -0.25) is 0 Å². The second kappa shape index (κ2) is 8.22. The lowest BCUT2D eigenvalue weighted by atomic mass is 9.94. The summed E-state index contributed by atoms with van der Waals surface area (Å²) in [5, 5.41) is 22.2. The van der Waals surface area contributed by atoms with Gasteiger partial charge in [0.25, 0.3) is 0 Å². The molecule has 0 bridgehead atoms. The Morgan fingerprint density at radius 2 is 0.903 bits per heavy atom. The lowest BCUT2D eigenvalue weighted by Crippen LogP contribution is -2.37. The summed E-state index contributed by atoms with van der Waals surface area (Å²) in [6.45, 7) is 13.5. The van der Waals surface area contributed by atoms with E-state index in [9.17, 15) is 19.8 Å². The fourth-order valence-corrected chi connectivity index (χ4v) is 6.91. The van der Waals surface area contributed by atoms with E-state index in [1.165, 1.54) is 10.4 Å². The van der Waals surface area contributed by atoms with E-state index in [1.54, 1.807) is 0 Å². The molecule has 0 aliphatic heterocycles. The molecule has 1 aromatic heterocycles. The van der Waals surface area contributed by atoms with Crippen molar-refractivity contribution in [3.63, 3.8) is 0 Å². The zero-order valence-electron chi connectivity index (χ0n) is 18.7. The van der Waals surface area contributed by atoms with Crippen LogP contribution in [0.1, 0.15) is 19.3 Å². The van der Waals surface area contributed by atoms with Crippen molar-refractivity contribution in [3.8, 4) is 22.3 Å². The van der Waals surface area contributed by atoms with Gasteiger partial charge in [0.1, 0.15) is 9.75 Å². The van der Waals surface area contributed by atoms with Crippen LogP contribution >= 0.6 is 11.3 Å². The number of carboxylic acid groups (broad SMARTS) is 2. The number of thiophene rings is 1. The van der Waals surface area contributed by atoms with Crippen LogP contribution in [0.15, 0.2) is 48.5 Å². The average Bonchev–Trinajstić information content (AvgIpc) is 3.08. The molecule has 0 spiro atoms. The Morgan fingerprint density at radius 3 is 1.13 bits per heavy atom. The predicted octanol–water partition coefficient (Wildman–Crippen LogP) is 5.57. The van der Waals surface area contributed by atoms with Gasteiger partial charge in [-0.25, -0.2) is 9.59 Å². The third-order valence-corrected chi connectivity index (χ3v) is 10.7. The summed E-state index contributed by atoms with van der Waals surface area (Å²) in [6, 6.07) is 15.9. The highest BCUT2D eigenvalue weighted by Gasteiger charge is 2.28. The van der Waals surface area contributed by atoms with Crippen LogP contribution in [0.25, 0.3) is 22.3 Å². The molecule has 0 aliphatic rings. The van der Waals surface area contributed by atoms with Crippen LogP contribution in [0.2, 0.25) is 39.3 Å². The Morgan fingerprint density at radius 1 is 0.613 bits per heavy atom. The van der Waals surface area contributed by atoms with E-state index in [4.69, 9.17) is 0 Å². The lowest BCUT2D eigenvalue weighted by molar-refractivity contribution is 0.0694. The zero-order valence-corrected chi connectivity index (χ0v) is 21.6. The van der Waals surface area contributed by atoms with Crippen molar-refractivity contribution in [1.29, 1.82) is 0 Å². The van der Waals surface area contributed by atoms with Crippen LogP contribution in [0.5, 0.6) is 0 Å². The monoisotopic (exact) mass is 468 g/mol. The molecule has 0 saturated carbocycles. The largest absolute Gasteiger partial charge is 0.477 e. The zero-order chi connectivity index (χ0) is 23.1. The molecule has 0 aliphatic carbocycles. The minimum absolute atomic E-state index is 0.0578. The van der Waals surface area contributed by atoms with E-state index in [2.05, 4.69) is 39.3 Å². The van der Waals surface area contributed by atoms with Crippen molar-refractivity contribution in [2.75, 3.05) is 0 Å². The van der Waals surface area contributed by atoms with Crippen molar-refractivity contribution in [3.05, 3.63) is 58.3 Å². The van der Waals surface area contributed by atoms with Crippen LogP contribution in [-0.2, 0) is 0 Å². The Balaban J connectivity index is 2.27. The second-order valence-corrected chi connectivity index (χ2v) is 21.0. The molecule has 0 amide bonds. The number of carboxylic acids is 2. The number of rotatable bonds is 6. The first kappa shape index (κ1) is 23.2. The quantitative estimate of drug-likeness (QED) is 0.464. The summed E-state index contributed by atoms with van der Waals surface area (Å²) < 4.78 is 0. The normalized spacial score (nSPS) is 12.1. The fourth-order valence-electron chi connectivity index (χ4n) is 3.56. The smallest absolute Gasteiger partial charge is 0.346 e. The minimum Gasteiger partial charge on any atom is -0.477 e. The number of hydrogen-bond donors (Lipinski definition) is 2. The van der Waals surface area contributed by atoms with Gasteiger partial charge >= 0.3 is 11.9 Å². The molecule has 3 rings (SSSR count). The van der Waals surface area contributed by atoms with Crippen molar-refractivity contribution < 1.29 is 19.8 Å². The highest BCUT2D eigenvalue weighted by atomic mass is 32.1. The third-order valence-electron chi connectivity index (χ3n) is 5.38. The molecule has 2 aromatic carbocycles. The highest BCUT2D eigenvalue weighted by Crippen LogP contribution is 2.43. The predicted molar refractivity (Wildman–Crippen MR) is 135 cm³/mol. The Kier molecular flexibility index (Phi) is 6.15. The van der Waals surface area contributed by atoms with Crippen LogP contribution in [0.3, 0.4) is 0 Å². The van der Waals surface area contributed by atoms with Crippen molar-refractivity contribution in [2.45, 2.75) is 39.3 Å². The molecule has 7 heteroatoms. The maximum Gasteiger partial charge on any atom is 0.346 e. The second-order valence-electron chi connectivity index (χ2n) is 9.78. The molecule has 0 radical (unpaired) electrons. The summed E-state index contributed by atoms with van der Waals surface area (Å²) in [5.74, 6) is -2.22. The third kappa shape index (κ3) is 4.73. The van der Waals surface area contributed by atoms with Crippen LogP contribution < -0.4 is 10.4 Å². The molecule has 162 valence electrons. The first-order valence-corrected chi connectivity index (χ1v) is 18.0. The van der Waals surface area contributed by atoms with Crippen molar-refractivity contribution in [2.24, 2.45) is 0 Å². The molecule has 0 fully saturated rings. The molecule has 0 saturated heterocycles. The molecule has 0 unspecified atom stereocenters. The van der Waals surface area contributed by atoms with Gasteiger partial charge in [0.05, 0.1) is 16.1 Å². The van der Waals surface area contributed by atoms with E-state index >= 15 is 0 Å². The van der Waals surface area contributed by atoms with Gasteiger partial charge in [0, 0.05) is 11.1 Å². The van der Waals surface area contributed by atoms with Crippen LogP contribution in [-0.4, -0.2) is 38.3 Å². The van der Waals surface area contributed by atoms with Crippen molar-refractivity contribution >= 4 is 49.8 Å². The summed E-state index contributed by atoms with van der Waals surface area (Å²) in [7, 11) is -3.02. The Hall–Kier alpha value is -2.49. The van der Waals surface area contributed by atoms with Crippen LogP contribution in [0.4, 0.5) is 0 Å². The number of benzene rings is 2. The molecule has 3 aromatic rings. The van der Waals surface area contributed by atoms with E-state index < -0.39 is 28.1 Å². The molecule has 2 N–H and O–H groups in total. The maximum absolute atomic E-state index is 12.1. The molecule has 31 heavy (non-hydrogen) atoms. The van der Waals surface area contributed by atoms with Gasteiger partial charge in [-0.15, -0.1) is 11.3 Å². The highest BCUT2D eigenvalue weighted by molar-refractivity contribution is 7.17. The van der Waals surface area contributed by atoms with E-state index in [0.29, 0.717) is 11.1 Å². The lowest BCUT2D eigenvalue weighted by Gasteiger charge is -2.18. The Bertz CT molecular complexity index is 1040. The van der Waals surface area contributed by atoms with Crippen LogP contribution in [0, 0.1) is 0 Å². The maximum atomic E-state index is 12.1. The number of hydrogen-bond acceptors (Lipinski definition) is 3. The van der Waals surface area contributed by atoms with E-state index in [-0.39, 0.29) is 9.75 Å². The van der Waals surface area contributed by atoms with Gasteiger partial charge in [-0.05, 0) is 11.1 Å². The number of carbonyl (C=O) groups is 2. The van der Waals surface area contributed by atoms with E-state index in [0.717, 1.165) is 22.5 Å². The van der Waals surface area contributed by atoms with E-state index in [1.807, 2.05) is 48.5 Å². The van der Waals surface area contributed by atoms with Crippen molar-refractivity contribution in [1.82, 2.24) is 0 Å². The SMILES string of the molecule is C[Si](C)(C)c1ccc(-c2c(C(=O)O)sc(C(=O)O)c2-c2ccc([Si](C)(C)C)cc2)cc1. The first-order valence-electron chi connectivity index (χ1n) is 10.2. The van der Waals surface area contributed by atoms with Gasteiger partial charge < -0.3 is 10.2 Å². The first-order chi connectivity index (χ1) is 14.3. The van der Waals surface area contributed by atoms with Gasteiger partial charge in [0.2, 0.25) is 0 Å².